The van der Waals surface area contributed by atoms with Gasteiger partial charge >= 0.3 is 23.9 Å². The average Bonchev–Trinajstić information content (AvgIpc) is 3.31. The minimum Gasteiger partial charge on any atom is -0.478 e. The highest BCUT2D eigenvalue weighted by atomic mass is 16.4. The summed E-state index contributed by atoms with van der Waals surface area (Å²) in [5, 5.41) is 33.4. The number of benzene rings is 2. The third kappa shape index (κ3) is 14.7. The molecule has 13 heteroatoms. The minimum atomic E-state index is -1.26. The smallest absolute Gasteiger partial charge is 0.328 e. The second-order valence-electron chi connectivity index (χ2n) is 10.9. The Morgan fingerprint density at radius 2 is 0.915 bits per heavy atom. The number of aliphatic carboxylic acids is 4. The van der Waals surface area contributed by atoms with Crippen LogP contribution in [-0.2, 0) is 25.7 Å². The van der Waals surface area contributed by atoms with E-state index in [0.717, 1.165) is 65.4 Å². The van der Waals surface area contributed by atoms with Gasteiger partial charge in [-0.15, -0.1) is 0 Å². The molecule has 13 nitrogen and oxygen atoms in total. The number of nitrogens with zero attached hydrogens (tertiary/aromatic N) is 3. The molecule has 0 saturated carbocycles. The summed E-state index contributed by atoms with van der Waals surface area (Å²) < 4.78 is 2.26. The van der Waals surface area contributed by atoms with Crippen molar-refractivity contribution in [1.82, 2.24) is 14.4 Å². The molecule has 254 valence electrons. The molecule has 0 spiro atoms. The van der Waals surface area contributed by atoms with E-state index in [0.29, 0.717) is 37.1 Å². The predicted octanol–water partition coefficient (Wildman–Crippen LogP) is 4.29. The molecule has 3 rings (SSSR count). The van der Waals surface area contributed by atoms with Gasteiger partial charge in [-0.05, 0) is 97.4 Å². The zero-order valence-corrected chi connectivity index (χ0v) is 27.3. The van der Waals surface area contributed by atoms with Crippen LogP contribution in [0.1, 0.15) is 53.3 Å². The molecular formula is C34H43N3O10. The normalized spacial score (nSPS) is 11.0. The van der Waals surface area contributed by atoms with Crippen LogP contribution in [0.25, 0.3) is 21.8 Å². The fourth-order valence-corrected chi connectivity index (χ4v) is 4.48. The Morgan fingerprint density at radius 1 is 0.596 bits per heavy atom. The molecule has 0 amide bonds. The maximum absolute atomic E-state index is 12.7. The average molecular weight is 654 g/mol. The summed E-state index contributed by atoms with van der Waals surface area (Å²) in [4.78, 5) is 67.9. The molecule has 0 bridgehead atoms. The summed E-state index contributed by atoms with van der Waals surface area (Å²) in [6, 6.07) is 12.0. The van der Waals surface area contributed by atoms with Gasteiger partial charge in [-0.2, -0.15) is 0 Å². The van der Waals surface area contributed by atoms with Crippen molar-refractivity contribution < 1.29 is 49.2 Å². The summed E-state index contributed by atoms with van der Waals surface area (Å²) >= 11 is 0. The molecule has 0 atom stereocenters. The van der Waals surface area contributed by atoms with Gasteiger partial charge in [-0.3, -0.25) is 9.59 Å². The largest absolute Gasteiger partial charge is 0.478 e. The number of hydrogen-bond acceptors (Lipinski definition) is 8. The molecule has 1 heterocycles. The number of carboxylic acids is 4. The zero-order valence-electron chi connectivity index (χ0n) is 27.3. The number of aryl methyl sites for hydroxylation is 1. The SMILES string of the molecule is CCn1c2ccc(C(=O)CCCN(C)C)cc2c2cc(C(=O)CCCN(C)C)ccc21.O=C(O)/C=C\C(=O)O.O=C(O)/C=C\C(=O)O. The van der Waals surface area contributed by atoms with E-state index in [9.17, 15) is 28.8 Å². The number of carbonyl (C=O) groups is 6. The van der Waals surface area contributed by atoms with Crippen molar-refractivity contribution in [2.24, 2.45) is 0 Å². The van der Waals surface area contributed by atoms with Crippen molar-refractivity contribution in [2.75, 3.05) is 41.3 Å². The van der Waals surface area contributed by atoms with Crippen molar-refractivity contribution in [3.63, 3.8) is 0 Å². The number of carbonyl (C=O) groups excluding carboxylic acids is 2. The molecule has 2 aromatic carbocycles. The Morgan fingerprint density at radius 3 is 1.17 bits per heavy atom. The van der Waals surface area contributed by atoms with E-state index in [4.69, 9.17) is 20.4 Å². The van der Waals surface area contributed by atoms with E-state index in [-0.39, 0.29) is 11.6 Å². The molecule has 0 unspecified atom stereocenters. The number of hydrogen-bond donors (Lipinski definition) is 4. The van der Waals surface area contributed by atoms with E-state index in [2.05, 4.69) is 33.4 Å². The number of ketones is 2. The summed E-state index contributed by atoms with van der Waals surface area (Å²) in [7, 11) is 8.09. The first-order chi connectivity index (χ1) is 22.1. The molecule has 0 fully saturated rings. The molecule has 0 aliphatic carbocycles. The molecule has 0 aliphatic heterocycles. The van der Waals surface area contributed by atoms with Crippen molar-refractivity contribution in [3.8, 4) is 0 Å². The van der Waals surface area contributed by atoms with Crippen LogP contribution >= 0.6 is 0 Å². The van der Waals surface area contributed by atoms with Gasteiger partial charge in [0.15, 0.2) is 11.6 Å². The molecule has 4 N–H and O–H groups in total. The van der Waals surface area contributed by atoms with Crippen LogP contribution in [0.4, 0.5) is 0 Å². The van der Waals surface area contributed by atoms with E-state index in [1.54, 1.807) is 0 Å². The van der Waals surface area contributed by atoms with Crippen molar-refractivity contribution >= 4 is 57.2 Å². The summed E-state index contributed by atoms with van der Waals surface area (Å²) in [6.07, 6.45) is 5.03. The molecule has 47 heavy (non-hydrogen) atoms. The van der Waals surface area contributed by atoms with Gasteiger partial charge in [0.25, 0.3) is 0 Å². The number of fused-ring (bicyclic) bond motifs is 3. The molecular weight excluding hydrogens is 610 g/mol. The van der Waals surface area contributed by atoms with Gasteiger partial charge in [0.1, 0.15) is 0 Å². The highest BCUT2D eigenvalue weighted by molar-refractivity contribution is 6.13. The van der Waals surface area contributed by atoms with Crippen LogP contribution in [0.3, 0.4) is 0 Å². The third-order valence-corrected chi connectivity index (χ3v) is 6.58. The van der Waals surface area contributed by atoms with E-state index >= 15 is 0 Å². The number of rotatable bonds is 15. The van der Waals surface area contributed by atoms with E-state index in [1.807, 2.05) is 52.5 Å². The molecule has 0 aliphatic rings. The highest BCUT2D eigenvalue weighted by Gasteiger charge is 2.15. The Kier molecular flexibility index (Phi) is 17.0. The van der Waals surface area contributed by atoms with Gasteiger partial charge in [-0.25, -0.2) is 19.2 Å². The predicted molar refractivity (Wildman–Crippen MR) is 178 cm³/mol. The second-order valence-corrected chi connectivity index (χ2v) is 10.9. The topological polar surface area (TPSA) is 195 Å². The van der Waals surface area contributed by atoms with Crippen LogP contribution in [0.15, 0.2) is 60.7 Å². The Labute approximate surface area is 273 Å². The van der Waals surface area contributed by atoms with Crippen molar-refractivity contribution in [2.45, 2.75) is 39.2 Å². The standard InChI is InChI=1S/C26H35N3O2.2C4H4O4/c1-6-29-23-13-11-19(25(30)9-7-15-27(2)3)17-21(23)22-18-20(12-14-24(22)29)26(31)10-8-16-28(4)5;2*5-3(6)1-2-4(7)8/h11-14,17-18H,6-10,15-16H2,1-5H3;2*1-2H,(H,5,6)(H,7,8)/b;2*2-1-. The van der Waals surface area contributed by atoms with Crippen LogP contribution in [0, 0.1) is 0 Å². The molecule has 3 aromatic rings. The van der Waals surface area contributed by atoms with Gasteiger partial charge < -0.3 is 34.8 Å². The molecule has 1 aromatic heterocycles. The Bertz CT molecular complexity index is 1480. The lowest BCUT2D eigenvalue weighted by Gasteiger charge is -2.08. The Hall–Kier alpha value is -5.14. The van der Waals surface area contributed by atoms with Crippen LogP contribution in [0.2, 0.25) is 0 Å². The highest BCUT2D eigenvalue weighted by Crippen LogP contribution is 2.31. The van der Waals surface area contributed by atoms with Crippen molar-refractivity contribution in [1.29, 1.82) is 0 Å². The zero-order chi connectivity index (χ0) is 35.7. The number of carboxylic acid groups (broad SMARTS) is 4. The minimum absolute atomic E-state index is 0.178. The number of Topliss-reactive ketones (excluding diaryl/α,β-unsaturated/α-hetero) is 2. The summed E-state index contributed by atoms with van der Waals surface area (Å²) in [5.74, 6) is -4.67. The molecule has 0 saturated heterocycles. The fourth-order valence-electron chi connectivity index (χ4n) is 4.48. The van der Waals surface area contributed by atoms with Crippen LogP contribution in [0.5, 0.6) is 0 Å². The van der Waals surface area contributed by atoms with Gasteiger partial charge in [0.05, 0.1) is 0 Å². The fraction of sp³-hybridized carbons (Fsp3) is 0.353. The van der Waals surface area contributed by atoms with Gasteiger partial charge in [0.2, 0.25) is 0 Å². The first-order valence-corrected chi connectivity index (χ1v) is 14.8. The quantitative estimate of drug-likeness (QED) is 0.134. The third-order valence-electron chi connectivity index (χ3n) is 6.58. The lowest BCUT2D eigenvalue weighted by molar-refractivity contribution is -0.134. The first kappa shape index (κ1) is 39.9. The summed E-state index contributed by atoms with van der Waals surface area (Å²) in [5.41, 5.74) is 3.73. The van der Waals surface area contributed by atoms with Gasteiger partial charge in [0, 0.05) is 76.6 Å². The first-order valence-electron chi connectivity index (χ1n) is 14.8. The maximum atomic E-state index is 12.7. The van der Waals surface area contributed by atoms with Crippen LogP contribution < -0.4 is 0 Å². The van der Waals surface area contributed by atoms with E-state index in [1.165, 1.54) is 0 Å². The number of aromatic nitrogens is 1. The second kappa shape index (κ2) is 20.1. The lowest BCUT2D eigenvalue weighted by Crippen LogP contribution is -2.14. The lowest BCUT2D eigenvalue weighted by atomic mass is 10.0. The Balaban J connectivity index is 0.000000569. The molecule has 0 radical (unpaired) electrons. The van der Waals surface area contributed by atoms with Gasteiger partial charge in [-0.1, -0.05) is 0 Å². The van der Waals surface area contributed by atoms with Crippen molar-refractivity contribution in [3.05, 3.63) is 71.8 Å². The van der Waals surface area contributed by atoms with Crippen LogP contribution in [-0.4, -0.2) is 112 Å². The maximum Gasteiger partial charge on any atom is 0.328 e. The summed E-state index contributed by atoms with van der Waals surface area (Å²) in [6.45, 7) is 4.77. The monoisotopic (exact) mass is 653 g/mol. The van der Waals surface area contributed by atoms with E-state index < -0.39 is 23.9 Å².